The third-order valence-corrected chi connectivity index (χ3v) is 6.28. The topological polar surface area (TPSA) is 48.7 Å². The van der Waals surface area contributed by atoms with E-state index in [1.165, 1.54) is 24.0 Å². The lowest BCUT2D eigenvalue weighted by Gasteiger charge is -2.41. The number of rotatable bonds is 5. The molecular formula is C24H29N3O2. The molecule has 1 fully saturated rings. The van der Waals surface area contributed by atoms with Crippen LogP contribution in [-0.4, -0.2) is 49.7 Å². The lowest BCUT2D eigenvalue weighted by atomic mass is 9.95. The quantitative estimate of drug-likeness (QED) is 0.779. The van der Waals surface area contributed by atoms with E-state index in [2.05, 4.69) is 34.1 Å². The number of piperidine rings is 1. The molecule has 2 aromatic carbocycles. The van der Waals surface area contributed by atoms with Crippen molar-refractivity contribution in [3.8, 4) is 17.6 Å². The van der Waals surface area contributed by atoms with Crippen molar-refractivity contribution >= 4 is 0 Å². The molecule has 1 unspecified atom stereocenters. The van der Waals surface area contributed by atoms with Crippen LogP contribution in [0.25, 0.3) is 0 Å². The molecule has 4 rings (SSSR count). The average Bonchev–Trinajstić information content (AvgIpc) is 2.78. The molecule has 2 heterocycles. The number of hydrogen-bond acceptors (Lipinski definition) is 5. The second-order valence-corrected chi connectivity index (χ2v) is 8.00. The van der Waals surface area contributed by atoms with Crippen molar-refractivity contribution in [2.45, 2.75) is 38.4 Å². The third kappa shape index (κ3) is 4.24. The fraction of sp³-hybridized carbons (Fsp3) is 0.458. The zero-order chi connectivity index (χ0) is 20.2. The van der Waals surface area contributed by atoms with Crippen LogP contribution in [0, 0.1) is 11.3 Å². The van der Waals surface area contributed by atoms with Crippen LogP contribution in [0.4, 0.5) is 0 Å². The Bertz CT molecular complexity index is 905. The van der Waals surface area contributed by atoms with E-state index < -0.39 is 0 Å². The van der Waals surface area contributed by atoms with E-state index in [4.69, 9.17) is 9.47 Å². The molecule has 2 aliphatic rings. The maximum absolute atomic E-state index is 9.38. The zero-order valence-electron chi connectivity index (χ0n) is 17.4. The van der Waals surface area contributed by atoms with Gasteiger partial charge in [0.05, 0.1) is 25.9 Å². The van der Waals surface area contributed by atoms with Gasteiger partial charge >= 0.3 is 0 Å². The summed E-state index contributed by atoms with van der Waals surface area (Å²) in [5, 5.41) is 9.38. The highest BCUT2D eigenvalue weighted by atomic mass is 16.5. The minimum Gasteiger partial charge on any atom is -0.493 e. The van der Waals surface area contributed by atoms with Crippen LogP contribution in [0.3, 0.4) is 0 Å². The Balaban J connectivity index is 1.45. The molecule has 0 aromatic heterocycles. The molecule has 5 heteroatoms. The maximum Gasteiger partial charge on any atom is 0.161 e. The molecule has 152 valence electrons. The standard InChI is InChI=1S/C24H29N3O2/c1-28-23-12-18-9-11-27(16-21(18)13-24(23)29-2)22-8-5-10-26(17-22)15-20-7-4-3-6-19(20)14-25/h3-4,6-7,12-13,22H,5,8-11,15-17H2,1-2H3. The predicted molar refractivity (Wildman–Crippen MR) is 113 cm³/mol. The summed E-state index contributed by atoms with van der Waals surface area (Å²) < 4.78 is 11.0. The van der Waals surface area contributed by atoms with E-state index in [9.17, 15) is 5.26 Å². The molecule has 0 aliphatic carbocycles. The summed E-state index contributed by atoms with van der Waals surface area (Å²) in [6.07, 6.45) is 3.48. The van der Waals surface area contributed by atoms with Crippen molar-refractivity contribution in [3.05, 3.63) is 58.7 Å². The normalized spacial score (nSPS) is 20.0. The molecule has 29 heavy (non-hydrogen) atoms. The Labute approximate surface area is 173 Å². The number of likely N-dealkylation sites (tertiary alicyclic amines) is 1. The molecule has 0 saturated carbocycles. The van der Waals surface area contributed by atoms with Gasteiger partial charge < -0.3 is 9.47 Å². The van der Waals surface area contributed by atoms with Gasteiger partial charge in [0.2, 0.25) is 0 Å². The highest BCUT2D eigenvalue weighted by Gasteiger charge is 2.29. The predicted octanol–water partition coefficient (Wildman–Crippen LogP) is 3.60. The van der Waals surface area contributed by atoms with Crippen molar-refractivity contribution in [1.82, 2.24) is 9.80 Å². The second kappa shape index (κ2) is 8.86. The molecule has 0 radical (unpaired) electrons. The fourth-order valence-corrected chi connectivity index (χ4v) is 4.70. The number of ether oxygens (including phenoxy) is 2. The molecule has 1 atom stereocenters. The number of methoxy groups -OCH3 is 2. The minimum absolute atomic E-state index is 0.555. The molecular weight excluding hydrogens is 362 g/mol. The first-order valence-corrected chi connectivity index (χ1v) is 10.4. The van der Waals surface area contributed by atoms with E-state index in [1.54, 1.807) is 14.2 Å². The van der Waals surface area contributed by atoms with Gasteiger partial charge in [-0.2, -0.15) is 5.26 Å². The van der Waals surface area contributed by atoms with Gasteiger partial charge in [0.25, 0.3) is 0 Å². The summed E-state index contributed by atoms with van der Waals surface area (Å²) in [5.74, 6) is 1.63. The maximum atomic E-state index is 9.38. The lowest BCUT2D eigenvalue weighted by molar-refractivity contribution is 0.0837. The summed E-state index contributed by atoms with van der Waals surface area (Å²) in [6, 6.07) is 15.1. The van der Waals surface area contributed by atoms with Gasteiger partial charge in [-0.25, -0.2) is 0 Å². The molecule has 0 amide bonds. The Kier molecular flexibility index (Phi) is 6.03. The summed E-state index contributed by atoms with van der Waals surface area (Å²) in [4.78, 5) is 5.13. The summed E-state index contributed by atoms with van der Waals surface area (Å²) in [6.45, 7) is 5.06. The van der Waals surface area contributed by atoms with E-state index >= 15 is 0 Å². The molecule has 2 aromatic rings. The van der Waals surface area contributed by atoms with Crippen molar-refractivity contribution in [1.29, 1.82) is 5.26 Å². The van der Waals surface area contributed by atoms with Gasteiger partial charge in [0, 0.05) is 32.2 Å². The number of benzene rings is 2. The fourth-order valence-electron chi connectivity index (χ4n) is 4.70. The second-order valence-electron chi connectivity index (χ2n) is 8.00. The first-order valence-electron chi connectivity index (χ1n) is 10.4. The third-order valence-electron chi connectivity index (χ3n) is 6.28. The number of fused-ring (bicyclic) bond motifs is 1. The molecule has 2 aliphatic heterocycles. The van der Waals surface area contributed by atoms with Crippen molar-refractivity contribution in [2.24, 2.45) is 0 Å². The highest BCUT2D eigenvalue weighted by Crippen LogP contribution is 2.34. The number of nitriles is 1. The largest absolute Gasteiger partial charge is 0.493 e. The molecule has 0 bridgehead atoms. The van der Waals surface area contributed by atoms with E-state index in [0.29, 0.717) is 6.04 Å². The van der Waals surface area contributed by atoms with Gasteiger partial charge in [0.15, 0.2) is 11.5 Å². The Morgan fingerprint density at radius 2 is 1.83 bits per heavy atom. The summed E-state index contributed by atoms with van der Waals surface area (Å²) >= 11 is 0. The van der Waals surface area contributed by atoms with Crippen LogP contribution in [-0.2, 0) is 19.5 Å². The van der Waals surface area contributed by atoms with Crippen LogP contribution in [0.15, 0.2) is 36.4 Å². The van der Waals surface area contributed by atoms with E-state index in [-0.39, 0.29) is 0 Å². The lowest BCUT2D eigenvalue weighted by Crippen LogP contribution is -2.49. The molecule has 5 nitrogen and oxygen atoms in total. The zero-order valence-corrected chi connectivity index (χ0v) is 17.4. The minimum atomic E-state index is 0.555. The SMILES string of the molecule is COc1cc2c(cc1OC)CN(C1CCCN(Cc3ccccc3C#N)C1)CC2. The average molecular weight is 392 g/mol. The van der Waals surface area contributed by atoms with E-state index in [0.717, 1.165) is 61.8 Å². The Hall–Kier alpha value is -2.55. The highest BCUT2D eigenvalue weighted by molar-refractivity contribution is 5.48. The van der Waals surface area contributed by atoms with Crippen molar-refractivity contribution in [2.75, 3.05) is 33.9 Å². The van der Waals surface area contributed by atoms with Crippen LogP contribution in [0.2, 0.25) is 0 Å². The van der Waals surface area contributed by atoms with Crippen LogP contribution in [0.5, 0.6) is 11.5 Å². The molecule has 1 saturated heterocycles. The van der Waals surface area contributed by atoms with Crippen LogP contribution in [0.1, 0.15) is 35.1 Å². The van der Waals surface area contributed by atoms with Crippen LogP contribution < -0.4 is 9.47 Å². The number of nitrogens with zero attached hydrogens (tertiary/aromatic N) is 3. The van der Waals surface area contributed by atoms with Gasteiger partial charge in [-0.3, -0.25) is 9.80 Å². The van der Waals surface area contributed by atoms with E-state index in [1.807, 2.05) is 18.2 Å². The van der Waals surface area contributed by atoms with Gasteiger partial charge in [-0.15, -0.1) is 0 Å². The van der Waals surface area contributed by atoms with Crippen LogP contribution >= 0.6 is 0 Å². The summed E-state index contributed by atoms with van der Waals surface area (Å²) in [7, 11) is 3.39. The van der Waals surface area contributed by atoms with Crippen molar-refractivity contribution in [3.63, 3.8) is 0 Å². The van der Waals surface area contributed by atoms with Gasteiger partial charge in [-0.1, -0.05) is 18.2 Å². The van der Waals surface area contributed by atoms with Crippen molar-refractivity contribution < 1.29 is 9.47 Å². The Morgan fingerprint density at radius 1 is 1.07 bits per heavy atom. The smallest absolute Gasteiger partial charge is 0.161 e. The van der Waals surface area contributed by atoms with Gasteiger partial charge in [-0.05, 0) is 60.7 Å². The summed E-state index contributed by atoms with van der Waals surface area (Å²) in [5.41, 5.74) is 4.65. The monoisotopic (exact) mass is 391 g/mol. The first kappa shape index (κ1) is 19.8. The first-order chi connectivity index (χ1) is 14.2. The van der Waals surface area contributed by atoms with Gasteiger partial charge in [0.1, 0.15) is 0 Å². The molecule has 0 spiro atoms. The molecule has 0 N–H and O–H groups in total. The Morgan fingerprint density at radius 3 is 2.59 bits per heavy atom. The number of hydrogen-bond donors (Lipinski definition) is 0.